The Morgan fingerprint density at radius 3 is 2.07 bits per heavy atom. The number of nitrogens with one attached hydrogen (secondary N) is 1. The number of sulfonamides is 1. The Labute approximate surface area is 90.3 Å². The summed E-state index contributed by atoms with van der Waals surface area (Å²) >= 11 is 0. The molecular formula is C7H15NO5S2. The van der Waals surface area contributed by atoms with Gasteiger partial charge in [-0.05, 0) is 12.8 Å². The van der Waals surface area contributed by atoms with Gasteiger partial charge in [-0.25, -0.2) is 8.42 Å². The van der Waals surface area contributed by atoms with Crippen LogP contribution in [0.25, 0.3) is 0 Å². The molecule has 0 aromatic carbocycles. The van der Waals surface area contributed by atoms with Gasteiger partial charge in [0.1, 0.15) is 0 Å². The molecule has 0 radical (unpaired) electrons. The highest BCUT2D eigenvalue weighted by Crippen LogP contribution is 2.21. The summed E-state index contributed by atoms with van der Waals surface area (Å²) < 4.78 is 50.0. The topological polar surface area (TPSA) is 89.5 Å². The molecule has 6 nitrogen and oxygen atoms in total. The van der Waals surface area contributed by atoms with Gasteiger partial charge in [0.25, 0.3) is 0 Å². The Morgan fingerprint density at radius 1 is 1.07 bits per heavy atom. The van der Waals surface area contributed by atoms with E-state index in [1.807, 2.05) is 0 Å². The molecule has 0 atom stereocenters. The van der Waals surface area contributed by atoms with Gasteiger partial charge in [-0.1, -0.05) is 23.4 Å². The summed E-state index contributed by atoms with van der Waals surface area (Å²) in [5, 5.41) is 0. The molecule has 0 aromatic rings. The Balaban J connectivity index is 2.56. The second-order valence-electron chi connectivity index (χ2n) is 3.67. The molecule has 0 aromatic heterocycles. The summed E-state index contributed by atoms with van der Waals surface area (Å²) in [6, 6.07) is 0. The third kappa shape index (κ3) is 5.45. The maximum atomic E-state index is 11.2. The van der Waals surface area contributed by atoms with Crippen LogP contribution in [0.15, 0.2) is 0 Å². The highest BCUT2D eigenvalue weighted by Gasteiger charge is 2.24. The third-order valence-electron chi connectivity index (χ3n) is 2.07. The lowest BCUT2D eigenvalue weighted by atomic mass is 9.98. The minimum absolute atomic E-state index is 0.391. The van der Waals surface area contributed by atoms with E-state index in [0.29, 0.717) is 12.8 Å². The van der Waals surface area contributed by atoms with Crippen molar-refractivity contribution in [3.05, 3.63) is 0 Å². The van der Waals surface area contributed by atoms with Crippen molar-refractivity contribution in [3.63, 3.8) is 0 Å². The summed E-state index contributed by atoms with van der Waals surface area (Å²) in [7, 11) is -7.97. The van der Waals surface area contributed by atoms with Crippen molar-refractivity contribution in [2.24, 2.45) is 0 Å². The van der Waals surface area contributed by atoms with Gasteiger partial charge in [-0.2, -0.15) is 8.42 Å². The number of hydrogen-bond donors (Lipinski definition) is 1. The quantitative estimate of drug-likeness (QED) is 0.773. The zero-order chi connectivity index (χ0) is 11.5. The molecule has 0 saturated heterocycles. The average molecular weight is 257 g/mol. The second kappa shape index (κ2) is 4.77. The zero-order valence-corrected chi connectivity index (χ0v) is 10.1. The summed E-state index contributed by atoms with van der Waals surface area (Å²) in [5.41, 5.74) is 0. The maximum Gasteiger partial charge on any atom is 0.349 e. The predicted octanol–water partition coefficient (Wildman–Crippen LogP) is 0.130. The van der Waals surface area contributed by atoms with Crippen LogP contribution in [-0.4, -0.2) is 29.2 Å². The van der Waals surface area contributed by atoms with Crippen molar-refractivity contribution in [3.8, 4) is 0 Å². The minimum Gasteiger partial charge on any atom is -0.254 e. The van der Waals surface area contributed by atoms with Crippen LogP contribution in [0.5, 0.6) is 0 Å². The van der Waals surface area contributed by atoms with Gasteiger partial charge in [0.15, 0.2) is 0 Å². The van der Waals surface area contributed by atoms with Gasteiger partial charge >= 0.3 is 10.3 Å². The molecule has 0 bridgehead atoms. The molecule has 0 spiro atoms. The normalized spacial score (nSPS) is 20.3. The Hall–Kier alpha value is -0.180. The molecule has 15 heavy (non-hydrogen) atoms. The number of hydrogen-bond acceptors (Lipinski definition) is 5. The molecule has 1 rings (SSSR count). The lowest BCUT2D eigenvalue weighted by molar-refractivity contribution is 0.161. The summed E-state index contributed by atoms with van der Waals surface area (Å²) in [5.74, 6) is 0. The molecule has 1 N–H and O–H groups in total. The highest BCUT2D eigenvalue weighted by molar-refractivity contribution is 8.02. The van der Waals surface area contributed by atoms with E-state index in [0.717, 1.165) is 25.5 Å². The fraction of sp³-hybridized carbons (Fsp3) is 1.00. The molecule has 1 saturated carbocycles. The first-order valence-electron chi connectivity index (χ1n) is 4.70. The van der Waals surface area contributed by atoms with Crippen molar-refractivity contribution in [1.82, 2.24) is 4.13 Å². The largest absolute Gasteiger partial charge is 0.349 e. The first kappa shape index (κ1) is 12.9. The highest BCUT2D eigenvalue weighted by atomic mass is 32.3. The maximum absolute atomic E-state index is 11.2. The van der Waals surface area contributed by atoms with Crippen LogP contribution < -0.4 is 4.13 Å². The van der Waals surface area contributed by atoms with E-state index >= 15 is 0 Å². The average Bonchev–Trinajstić information content (AvgIpc) is 1.99. The van der Waals surface area contributed by atoms with Crippen LogP contribution in [0.2, 0.25) is 0 Å². The SMILES string of the molecule is CS(=O)(=O)NS(=O)(=O)OC1CCCCC1. The fourth-order valence-electron chi connectivity index (χ4n) is 1.55. The smallest absolute Gasteiger partial charge is 0.254 e. The fourth-order valence-corrected chi connectivity index (χ4v) is 3.74. The molecule has 0 heterocycles. The van der Waals surface area contributed by atoms with E-state index in [2.05, 4.69) is 0 Å². The van der Waals surface area contributed by atoms with Crippen LogP contribution in [0.3, 0.4) is 0 Å². The summed E-state index contributed by atoms with van der Waals surface area (Å²) in [6.07, 6.45) is 4.60. The van der Waals surface area contributed by atoms with Gasteiger partial charge in [-0.15, -0.1) is 0 Å². The number of rotatable bonds is 4. The van der Waals surface area contributed by atoms with E-state index in [1.165, 1.54) is 4.13 Å². The summed E-state index contributed by atoms with van der Waals surface area (Å²) in [6.45, 7) is 0. The molecule has 0 aliphatic heterocycles. The van der Waals surface area contributed by atoms with Gasteiger partial charge in [0, 0.05) is 0 Å². The minimum atomic E-state index is -4.18. The molecule has 1 fully saturated rings. The molecule has 1 aliphatic carbocycles. The van der Waals surface area contributed by atoms with Crippen molar-refractivity contribution in [2.75, 3.05) is 6.26 Å². The van der Waals surface area contributed by atoms with Crippen LogP contribution in [0.4, 0.5) is 0 Å². The molecular weight excluding hydrogens is 242 g/mol. The van der Waals surface area contributed by atoms with Crippen LogP contribution in [0, 0.1) is 0 Å². The van der Waals surface area contributed by atoms with Crippen LogP contribution >= 0.6 is 0 Å². The predicted molar refractivity (Wildman–Crippen MR) is 54.9 cm³/mol. The Morgan fingerprint density at radius 2 is 1.60 bits per heavy atom. The summed E-state index contributed by atoms with van der Waals surface area (Å²) in [4.78, 5) is 0. The zero-order valence-electron chi connectivity index (χ0n) is 8.47. The third-order valence-corrected chi connectivity index (χ3v) is 4.62. The van der Waals surface area contributed by atoms with E-state index in [9.17, 15) is 16.8 Å². The monoisotopic (exact) mass is 257 g/mol. The van der Waals surface area contributed by atoms with Gasteiger partial charge in [0.2, 0.25) is 10.0 Å². The molecule has 90 valence electrons. The second-order valence-corrected chi connectivity index (χ2v) is 6.98. The Kier molecular flexibility index (Phi) is 4.10. The van der Waals surface area contributed by atoms with E-state index in [-0.39, 0.29) is 0 Å². The van der Waals surface area contributed by atoms with Crippen molar-refractivity contribution < 1.29 is 21.0 Å². The van der Waals surface area contributed by atoms with Gasteiger partial charge < -0.3 is 0 Å². The molecule has 0 unspecified atom stereocenters. The van der Waals surface area contributed by atoms with Crippen LogP contribution in [0.1, 0.15) is 32.1 Å². The Bertz CT molecular complexity index is 393. The van der Waals surface area contributed by atoms with Crippen LogP contribution in [-0.2, 0) is 24.5 Å². The molecule has 0 amide bonds. The first-order chi connectivity index (χ1) is 6.79. The molecule has 1 aliphatic rings. The van der Waals surface area contributed by atoms with E-state index in [1.54, 1.807) is 0 Å². The van der Waals surface area contributed by atoms with Crippen molar-refractivity contribution >= 4 is 20.3 Å². The lowest BCUT2D eigenvalue weighted by Gasteiger charge is -2.20. The van der Waals surface area contributed by atoms with Crippen molar-refractivity contribution in [1.29, 1.82) is 0 Å². The standard InChI is InChI=1S/C7H15NO5S2/c1-14(9,10)8-15(11,12)13-7-5-3-2-4-6-7/h7-8H,2-6H2,1H3. The lowest BCUT2D eigenvalue weighted by Crippen LogP contribution is -2.34. The van der Waals surface area contributed by atoms with E-state index in [4.69, 9.17) is 4.18 Å². The van der Waals surface area contributed by atoms with E-state index < -0.39 is 26.4 Å². The molecule has 8 heteroatoms. The first-order valence-corrected chi connectivity index (χ1v) is 8.00. The van der Waals surface area contributed by atoms with Crippen molar-refractivity contribution in [2.45, 2.75) is 38.2 Å². The van der Waals surface area contributed by atoms with Gasteiger partial charge in [0.05, 0.1) is 12.4 Å². The van der Waals surface area contributed by atoms with Gasteiger partial charge in [-0.3, -0.25) is 4.18 Å².